The first kappa shape index (κ1) is 9.25. The SMILES string of the molecule is O=CNCc1ccc(C(=O)O)cc1. The van der Waals surface area contributed by atoms with Gasteiger partial charge in [0.1, 0.15) is 0 Å². The van der Waals surface area contributed by atoms with Crippen LogP contribution in [0.15, 0.2) is 24.3 Å². The molecular weight excluding hydrogens is 170 g/mol. The number of aromatic carboxylic acids is 1. The van der Waals surface area contributed by atoms with Crippen LogP contribution in [0, 0.1) is 0 Å². The molecule has 0 unspecified atom stereocenters. The second-order valence-electron chi connectivity index (χ2n) is 2.50. The summed E-state index contributed by atoms with van der Waals surface area (Å²) in [5.74, 6) is -0.949. The van der Waals surface area contributed by atoms with Crippen LogP contribution in [0.2, 0.25) is 0 Å². The van der Waals surface area contributed by atoms with Crippen molar-refractivity contribution in [3.05, 3.63) is 35.4 Å². The zero-order valence-electron chi connectivity index (χ0n) is 6.86. The van der Waals surface area contributed by atoms with Crippen LogP contribution in [-0.2, 0) is 11.3 Å². The molecule has 1 rings (SSSR count). The third kappa shape index (κ3) is 2.59. The molecule has 0 bridgehead atoms. The lowest BCUT2D eigenvalue weighted by molar-refractivity contribution is -0.109. The predicted molar refractivity (Wildman–Crippen MR) is 46.3 cm³/mol. The van der Waals surface area contributed by atoms with Crippen molar-refractivity contribution in [2.45, 2.75) is 6.54 Å². The summed E-state index contributed by atoms with van der Waals surface area (Å²) >= 11 is 0. The second kappa shape index (κ2) is 4.25. The summed E-state index contributed by atoms with van der Waals surface area (Å²) in [5.41, 5.74) is 1.12. The Morgan fingerprint density at radius 1 is 1.38 bits per heavy atom. The van der Waals surface area contributed by atoms with Crippen LogP contribution in [-0.4, -0.2) is 17.5 Å². The molecule has 0 saturated carbocycles. The van der Waals surface area contributed by atoms with Gasteiger partial charge in [-0.2, -0.15) is 0 Å². The summed E-state index contributed by atoms with van der Waals surface area (Å²) in [6.07, 6.45) is 0.602. The number of carbonyl (C=O) groups excluding carboxylic acids is 1. The number of benzene rings is 1. The summed E-state index contributed by atoms with van der Waals surface area (Å²) in [5, 5.41) is 11.1. The molecule has 1 aromatic rings. The topological polar surface area (TPSA) is 66.4 Å². The van der Waals surface area contributed by atoms with Crippen LogP contribution in [0.4, 0.5) is 0 Å². The van der Waals surface area contributed by atoms with Crippen LogP contribution in [0.5, 0.6) is 0 Å². The zero-order chi connectivity index (χ0) is 9.68. The Kier molecular flexibility index (Phi) is 3.03. The standard InChI is InChI=1S/C9H9NO3/c11-6-10-5-7-1-3-8(4-2-7)9(12)13/h1-4,6H,5H2,(H,10,11)(H,12,13). The van der Waals surface area contributed by atoms with Gasteiger partial charge < -0.3 is 10.4 Å². The van der Waals surface area contributed by atoms with Gasteiger partial charge in [0.15, 0.2) is 0 Å². The number of rotatable bonds is 4. The largest absolute Gasteiger partial charge is 0.478 e. The third-order valence-corrected chi connectivity index (χ3v) is 1.59. The van der Waals surface area contributed by atoms with E-state index in [1.54, 1.807) is 12.1 Å². The zero-order valence-corrected chi connectivity index (χ0v) is 6.86. The quantitative estimate of drug-likeness (QED) is 0.666. The molecule has 0 spiro atoms. The lowest BCUT2D eigenvalue weighted by Gasteiger charge is -1.99. The van der Waals surface area contributed by atoms with Crippen molar-refractivity contribution in [3.63, 3.8) is 0 Å². The van der Waals surface area contributed by atoms with E-state index in [0.29, 0.717) is 13.0 Å². The lowest BCUT2D eigenvalue weighted by atomic mass is 10.1. The molecule has 1 aromatic carbocycles. The Balaban J connectivity index is 2.69. The number of nitrogens with one attached hydrogen (secondary N) is 1. The molecule has 0 aliphatic carbocycles. The van der Waals surface area contributed by atoms with E-state index in [9.17, 15) is 9.59 Å². The molecule has 0 aliphatic heterocycles. The maximum absolute atomic E-state index is 10.5. The van der Waals surface area contributed by atoms with Gasteiger partial charge in [-0.15, -0.1) is 0 Å². The maximum Gasteiger partial charge on any atom is 0.335 e. The van der Waals surface area contributed by atoms with Crippen LogP contribution in [0.3, 0.4) is 0 Å². The molecule has 0 atom stereocenters. The fourth-order valence-corrected chi connectivity index (χ4v) is 0.925. The van der Waals surface area contributed by atoms with Gasteiger partial charge in [0.2, 0.25) is 6.41 Å². The first-order valence-corrected chi connectivity index (χ1v) is 3.73. The van der Waals surface area contributed by atoms with E-state index < -0.39 is 5.97 Å². The number of carbonyl (C=O) groups is 2. The van der Waals surface area contributed by atoms with Gasteiger partial charge in [-0.1, -0.05) is 12.1 Å². The molecule has 0 aliphatic rings. The van der Waals surface area contributed by atoms with Crippen LogP contribution in [0.25, 0.3) is 0 Å². The van der Waals surface area contributed by atoms with Gasteiger partial charge in [0.05, 0.1) is 5.56 Å². The minimum absolute atomic E-state index is 0.245. The average molecular weight is 179 g/mol. The van der Waals surface area contributed by atoms with Crippen molar-refractivity contribution in [2.75, 3.05) is 0 Å². The summed E-state index contributed by atoms with van der Waals surface area (Å²) in [6, 6.07) is 6.34. The Labute approximate surface area is 75.2 Å². The van der Waals surface area contributed by atoms with Crippen molar-refractivity contribution in [1.82, 2.24) is 5.32 Å². The van der Waals surface area contributed by atoms with Crippen LogP contribution >= 0.6 is 0 Å². The van der Waals surface area contributed by atoms with E-state index in [1.165, 1.54) is 12.1 Å². The minimum atomic E-state index is -0.949. The normalized spacial score (nSPS) is 9.23. The highest BCUT2D eigenvalue weighted by atomic mass is 16.4. The van der Waals surface area contributed by atoms with Crippen molar-refractivity contribution in [2.24, 2.45) is 0 Å². The fraction of sp³-hybridized carbons (Fsp3) is 0.111. The van der Waals surface area contributed by atoms with Crippen molar-refractivity contribution in [1.29, 1.82) is 0 Å². The van der Waals surface area contributed by atoms with E-state index in [0.717, 1.165) is 5.56 Å². The average Bonchev–Trinajstić information content (AvgIpc) is 2.15. The number of carboxylic acid groups (broad SMARTS) is 1. The summed E-state index contributed by atoms with van der Waals surface area (Å²) in [4.78, 5) is 20.4. The molecule has 0 radical (unpaired) electrons. The Morgan fingerprint density at radius 2 is 2.00 bits per heavy atom. The lowest BCUT2D eigenvalue weighted by Crippen LogP contribution is -2.09. The highest BCUT2D eigenvalue weighted by Gasteiger charge is 2.00. The van der Waals surface area contributed by atoms with Gasteiger partial charge in [-0.25, -0.2) is 4.79 Å². The summed E-state index contributed by atoms with van der Waals surface area (Å²) in [6.45, 7) is 0.420. The van der Waals surface area contributed by atoms with E-state index in [1.807, 2.05) is 0 Å². The summed E-state index contributed by atoms with van der Waals surface area (Å²) < 4.78 is 0. The van der Waals surface area contributed by atoms with Crippen molar-refractivity contribution in [3.8, 4) is 0 Å². The van der Waals surface area contributed by atoms with Gasteiger partial charge in [0, 0.05) is 6.54 Å². The molecule has 4 nitrogen and oxygen atoms in total. The maximum atomic E-state index is 10.5. The number of amides is 1. The van der Waals surface area contributed by atoms with E-state index in [4.69, 9.17) is 5.11 Å². The molecule has 13 heavy (non-hydrogen) atoms. The molecule has 0 heterocycles. The highest BCUT2D eigenvalue weighted by Crippen LogP contribution is 2.03. The molecule has 0 saturated heterocycles. The van der Waals surface area contributed by atoms with Gasteiger partial charge in [0.25, 0.3) is 0 Å². The summed E-state index contributed by atoms with van der Waals surface area (Å²) in [7, 11) is 0. The van der Waals surface area contributed by atoms with Crippen LogP contribution in [0.1, 0.15) is 15.9 Å². The number of carboxylic acids is 1. The van der Waals surface area contributed by atoms with E-state index in [2.05, 4.69) is 5.32 Å². The monoisotopic (exact) mass is 179 g/mol. The third-order valence-electron chi connectivity index (χ3n) is 1.59. The molecule has 1 amide bonds. The molecule has 4 heteroatoms. The minimum Gasteiger partial charge on any atom is -0.478 e. The first-order valence-electron chi connectivity index (χ1n) is 3.73. The highest BCUT2D eigenvalue weighted by molar-refractivity contribution is 5.87. The molecule has 0 aromatic heterocycles. The predicted octanol–water partition coefficient (Wildman–Crippen LogP) is 0.631. The Hall–Kier alpha value is -1.84. The molecule has 2 N–H and O–H groups in total. The molecular formula is C9H9NO3. The van der Waals surface area contributed by atoms with Gasteiger partial charge in [-0.05, 0) is 17.7 Å². The van der Waals surface area contributed by atoms with Crippen LogP contribution < -0.4 is 5.32 Å². The Bertz CT molecular complexity index is 305. The first-order chi connectivity index (χ1) is 6.24. The molecule has 0 fully saturated rings. The number of hydrogen-bond acceptors (Lipinski definition) is 2. The van der Waals surface area contributed by atoms with Gasteiger partial charge in [-0.3, -0.25) is 4.79 Å². The van der Waals surface area contributed by atoms with E-state index >= 15 is 0 Å². The van der Waals surface area contributed by atoms with Crippen molar-refractivity contribution >= 4 is 12.4 Å². The van der Waals surface area contributed by atoms with Crippen molar-refractivity contribution < 1.29 is 14.7 Å². The molecule has 68 valence electrons. The fourth-order valence-electron chi connectivity index (χ4n) is 0.925. The smallest absolute Gasteiger partial charge is 0.335 e. The second-order valence-corrected chi connectivity index (χ2v) is 2.50. The van der Waals surface area contributed by atoms with Gasteiger partial charge >= 0.3 is 5.97 Å². The number of hydrogen-bond donors (Lipinski definition) is 2. The van der Waals surface area contributed by atoms with E-state index in [-0.39, 0.29) is 5.56 Å². The Morgan fingerprint density at radius 3 is 2.46 bits per heavy atom.